The molecule has 1 aromatic heterocycles. The van der Waals surface area contributed by atoms with E-state index < -0.39 is 17.7 Å². The first-order valence-electron chi connectivity index (χ1n) is 6.66. The number of hydrogen-bond donors (Lipinski definition) is 0. The summed E-state index contributed by atoms with van der Waals surface area (Å²) in [5.74, 6) is -0.551. The van der Waals surface area contributed by atoms with Crippen LogP contribution in [0.5, 0.6) is 5.75 Å². The first-order valence-corrected chi connectivity index (χ1v) is 6.66. The SMILES string of the molecule is COc1ccc(CC(=O)Cc2ccc(C(F)(F)F)nc2)c(F)c1. The van der Waals surface area contributed by atoms with Crippen molar-refractivity contribution in [3.05, 3.63) is 59.2 Å². The number of methoxy groups -OCH3 is 1. The van der Waals surface area contributed by atoms with Gasteiger partial charge in [0.25, 0.3) is 0 Å². The number of carbonyl (C=O) groups excluding carboxylic acids is 1. The third-order valence-corrected chi connectivity index (χ3v) is 3.16. The highest BCUT2D eigenvalue weighted by molar-refractivity contribution is 5.83. The van der Waals surface area contributed by atoms with Gasteiger partial charge >= 0.3 is 6.18 Å². The first kappa shape index (κ1) is 16.9. The van der Waals surface area contributed by atoms with E-state index in [1.165, 1.54) is 31.4 Å². The molecule has 0 aliphatic heterocycles. The van der Waals surface area contributed by atoms with Crippen molar-refractivity contribution in [3.8, 4) is 5.75 Å². The van der Waals surface area contributed by atoms with Crippen LogP contribution >= 0.6 is 0 Å². The smallest absolute Gasteiger partial charge is 0.433 e. The highest BCUT2D eigenvalue weighted by Crippen LogP contribution is 2.27. The van der Waals surface area contributed by atoms with Gasteiger partial charge in [0, 0.05) is 25.1 Å². The molecule has 0 bridgehead atoms. The largest absolute Gasteiger partial charge is 0.497 e. The van der Waals surface area contributed by atoms with Crippen LogP contribution in [0, 0.1) is 5.82 Å². The molecular formula is C16H13F4NO2. The fraction of sp³-hybridized carbons (Fsp3) is 0.250. The highest BCUT2D eigenvalue weighted by atomic mass is 19.4. The normalized spacial score (nSPS) is 11.3. The summed E-state index contributed by atoms with van der Waals surface area (Å²) in [4.78, 5) is 15.2. The molecule has 3 nitrogen and oxygen atoms in total. The summed E-state index contributed by atoms with van der Waals surface area (Å²) in [7, 11) is 1.40. The number of carbonyl (C=O) groups is 1. The standard InChI is InChI=1S/C16H13F4NO2/c1-23-13-4-3-11(14(17)8-13)7-12(22)6-10-2-5-15(21-9-10)16(18,19)20/h2-5,8-9H,6-7H2,1H3. The third kappa shape index (κ3) is 4.51. The summed E-state index contributed by atoms with van der Waals surface area (Å²) in [6, 6.07) is 6.15. The minimum atomic E-state index is -4.52. The number of aromatic nitrogens is 1. The van der Waals surface area contributed by atoms with E-state index in [-0.39, 0.29) is 24.2 Å². The van der Waals surface area contributed by atoms with Crippen molar-refractivity contribution in [3.63, 3.8) is 0 Å². The van der Waals surface area contributed by atoms with Gasteiger partial charge < -0.3 is 4.74 Å². The number of ketones is 1. The number of benzene rings is 1. The van der Waals surface area contributed by atoms with E-state index in [0.29, 0.717) is 11.3 Å². The Balaban J connectivity index is 2.02. The predicted molar refractivity (Wildman–Crippen MR) is 74.6 cm³/mol. The topological polar surface area (TPSA) is 39.2 Å². The summed E-state index contributed by atoms with van der Waals surface area (Å²) in [5.41, 5.74) is -0.470. The van der Waals surface area contributed by atoms with E-state index in [1.807, 2.05) is 0 Å². The molecule has 1 aromatic carbocycles. The summed E-state index contributed by atoms with van der Waals surface area (Å²) in [6.45, 7) is 0. The van der Waals surface area contributed by atoms with E-state index in [1.54, 1.807) is 0 Å². The Hall–Kier alpha value is -2.44. The molecule has 0 fully saturated rings. The third-order valence-electron chi connectivity index (χ3n) is 3.16. The number of nitrogens with zero attached hydrogens (tertiary/aromatic N) is 1. The van der Waals surface area contributed by atoms with Crippen molar-refractivity contribution < 1.29 is 27.1 Å². The summed E-state index contributed by atoms with van der Waals surface area (Å²) >= 11 is 0. The van der Waals surface area contributed by atoms with Crippen LogP contribution in [0.3, 0.4) is 0 Å². The maximum absolute atomic E-state index is 13.8. The molecule has 0 aliphatic carbocycles. The van der Waals surface area contributed by atoms with E-state index >= 15 is 0 Å². The predicted octanol–water partition coefficient (Wildman–Crippen LogP) is 3.60. The molecule has 0 saturated heterocycles. The Morgan fingerprint density at radius 1 is 1.17 bits per heavy atom. The van der Waals surface area contributed by atoms with Gasteiger partial charge in [0.05, 0.1) is 7.11 Å². The molecule has 122 valence electrons. The first-order chi connectivity index (χ1) is 10.8. The lowest BCUT2D eigenvalue weighted by Gasteiger charge is -2.07. The second-order valence-electron chi connectivity index (χ2n) is 4.90. The average Bonchev–Trinajstić information content (AvgIpc) is 2.49. The molecule has 0 aliphatic rings. The highest BCUT2D eigenvalue weighted by Gasteiger charge is 2.32. The fourth-order valence-corrected chi connectivity index (χ4v) is 2.00. The second kappa shape index (κ2) is 6.76. The molecule has 0 spiro atoms. The van der Waals surface area contributed by atoms with E-state index in [9.17, 15) is 22.4 Å². The molecule has 0 saturated carbocycles. The zero-order valence-electron chi connectivity index (χ0n) is 12.2. The van der Waals surface area contributed by atoms with Gasteiger partial charge in [0.1, 0.15) is 23.0 Å². The molecule has 0 atom stereocenters. The average molecular weight is 327 g/mol. The number of alkyl halides is 3. The Kier molecular flexibility index (Phi) is 4.98. The summed E-state index contributed by atoms with van der Waals surface area (Å²) in [5, 5.41) is 0. The van der Waals surface area contributed by atoms with Crippen LogP contribution in [-0.4, -0.2) is 17.9 Å². The molecule has 2 rings (SSSR count). The molecule has 0 unspecified atom stereocenters. The Morgan fingerprint density at radius 2 is 1.91 bits per heavy atom. The zero-order valence-corrected chi connectivity index (χ0v) is 12.2. The van der Waals surface area contributed by atoms with E-state index in [0.717, 1.165) is 12.3 Å². The summed E-state index contributed by atoms with van der Waals surface area (Å²) < 4.78 is 55.8. The van der Waals surface area contributed by atoms with Gasteiger partial charge in [0.15, 0.2) is 0 Å². The van der Waals surface area contributed by atoms with Gasteiger partial charge in [-0.2, -0.15) is 13.2 Å². The van der Waals surface area contributed by atoms with Crippen molar-refractivity contribution in [2.45, 2.75) is 19.0 Å². The van der Waals surface area contributed by atoms with E-state index in [4.69, 9.17) is 4.74 Å². The molecule has 1 heterocycles. The van der Waals surface area contributed by atoms with E-state index in [2.05, 4.69) is 4.98 Å². The van der Waals surface area contributed by atoms with Gasteiger partial charge in [-0.05, 0) is 23.3 Å². The molecule has 0 radical (unpaired) electrons. The van der Waals surface area contributed by atoms with Gasteiger partial charge in [-0.15, -0.1) is 0 Å². The van der Waals surface area contributed by atoms with Gasteiger partial charge in [-0.25, -0.2) is 4.39 Å². The lowest BCUT2D eigenvalue weighted by atomic mass is 10.0. The number of hydrogen-bond acceptors (Lipinski definition) is 3. The molecule has 0 N–H and O–H groups in total. The maximum Gasteiger partial charge on any atom is 0.433 e. The Labute approximate surface area is 129 Å². The number of Topliss-reactive ketones (excluding diaryl/α,β-unsaturated/α-hetero) is 1. The lowest BCUT2D eigenvalue weighted by Crippen LogP contribution is -2.10. The minimum absolute atomic E-state index is 0.114. The van der Waals surface area contributed by atoms with Crippen molar-refractivity contribution in [1.29, 1.82) is 0 Å². The van der Waals surface area contributed by atoms with Crippen LogP contribution in [0.4, 0.5) is 17.6 Å². The van der Waals surface area contributed by atoms with Gasteiger partial charge in [0.2, 0.25) is 0 Å². The Bertz CT molecular complexity index is 696. The van der Waals surface area contributed by atoms with Crippen LogP contribution in [0.1, 0.15) is 16.8 Å². The molecule has 23 heavy (non-hydrogen) atoms. The molecule has 0 amide bonds. The number of rotatable bonds is 5. The summed E-state index contributed by atoms with van der Waals surface area (Å²) in [6.07, 6.45) is -3.78. The van der Waals surface area contributed by atoms with Crippen LogP contribution < -0.4 is 4.74 Å². The van der Waals surface area contributed by atoms with Crippen molar-refractivity contribution in [1.82, 2.24) is 4.98 Å². The van der Waals surface area contributed by atoms with Crippen LogP contribution in [0.2, 0.25) is 0 Å². The van der Waals surface area contributed by atoms with Gasteiger partial charge in [-0.3, -0.25) is 9.78 Å². The zero-order chi connectivity index (χ0) is 17.0. The minimum Gasteiger partial charge on any atom is -0.497 e. The number of halogens is 4. The van der Waals surface area contributed by atoms with Gasteiger partial charge in [-0.1, -0.05) is 12.1 Å². The molecule has 2 aromatic rings. The van der Waals surface area contributed by atoms with Crippen molar-refractivity contribution in [2.75, 3.05) is 7.11 Å². The van der Waals surface area contributed by atoms with Crippen molar-refractivity contribution >= 4 is 5.78 Å². The number of ether oxygens (including phenoxy) is 1. The maximum atomic E-state index is 13.8. The monoisotopic (exact) mass is 327 g/mol. The van der Waals surface area contributed by atoms with Crippen LogP contribution in [-0.2, 0) is 23.8 Å². The molecular weight excluding hydrogens is 314 g/mol. The fourth-order valence-electron chi connectivity index (χ4n) is 2.00. The van der Waals surface area contributed by atoms with Crippen LogP contribution in [0.25, 0.3) is 0 Å². The van der Waals surface area contributed by atoms with Crippen LogP contribution in [0.15, 0.2) is 36.5 Å². The quantitative estimate of drug-likeness (QED) is 0.788. The molecule has 7 heteroatoms. The number of pyridine rings is 1. The Morgan fingerprint density at radius 3 is 2.43 bits per heavy atom. The van der Waals surface area contributed by atoms with Crippen molar-refractivity contribution in [2.24, 2.45) is 0 Å². The lowest BCUT2D eigenvalue weighted by molar-refractivity contribution is -0.141. The second-order valence-corrected chi connectivity index (χ2v) is 4.90.